The van der Waals surface area contributed by atoms with E-state index in [0.717, 1.165) is 28.1 Å². The maximum Gasteiger partial charge on any atom is 0.269 e. The number of amides is 1. The summed E-state index contributed by atoms with van der Waals surface area (Å²) in [6.45, 7) is 4.05. The van der Waals surface area contributed by atoms with Gasteiger partial charge in [-0.2, -0.15) is 0 Å². The predicted octanol–water partition coefficient (Wildman–Crippen LogP) is 3.58. The largest absolute Gasteiger partial charge is 0.331 e. The predicted molar refractivity (Wildman–Crippen MR) is 112 cm³/mol. The van der Waals surface area contributed by atoms with E-state index < -0.39 is 4.92 Å². The van der Waals surface area contributed by atoms with Gasteiger partial charge in [-0.1, -0.05) is 25.1 Å². The molecule has 0 atom stereocenters. The van der Waals surface area contributed by atoms with Gasteiger partial charge in [0.1, 0.15) is 0 Å². The highest BCUT2D eigenvalue weighted by molar-refractivity contribution is 8.00. The maximum atomic E-state index is 11.9. The molecule has 2 rings (SSSR count). The van der Waals surface area contributed by atoms with E-state index in [0.29, 0.717) is 5.11 Å². The zero-order valence-corrected chi connectivity index (χ0v) is 16.6. The molecular formula is C18H20N4O3S2. The number of benzene rings is 2. The number of thiocarbonyl (C=S) groups is 1. The van der Waals surface area contributed by atoms with Crippen molar-refractivity contribution in [2.45, 2.75) is 25.2 Å². The van der Waals surface area contributed by atoms with Crippen LogP contribution in [-0.2, 0) is 11.2 Å². The Labute approximate surface area is 167 Å². The van der Waals surface area contributed by atoms with E-state index in [-0.39, 0.29) is 17.3 Å². The van der Waals surface area contributed by atoms with Crippen LogP contribution in [0.4, 0.5) is 11.4 Å². The summed E-state index contributed by atoms with van der Waals surface area (Å²) >= 11 is 6.51. The van der Waals surface area contributed by atoms with Crippen molar-refractivity contribution in [1.29, 1.82) is 0 Å². The third kappa shape index (κ3) is 6.22. The van der Waals surface area contributed by atoms with Crippen molar-refractivity contribution in [2.75, 3.05) is 11.1 Å². The van der Waals surface area contributed by atoms with Gasteiger partial charge in [-0.05, 0) is 48.8 Å². The lowest BCUT2D eigenvalue weighted by molar-refractivity contribution is -0.384. The van der Waals surface area contributed by atoms with E-state index >= 15 is 0 Å². The average molecular weight is 405 g/mol. The second kappa shape index (κ2) is 9.89. The van der Waals surface area contributed by atoms with E-state index in [2.05, 4.69) is 23.1 Å². The van der Waals surface area contributed by atoms with E-state index in [1.807, 2.05) is 25.1 Å². The number of carbonyl (C=O) groups excluding carboxylic acids is 1. The summed E-state index contributed by atoms with van der Waals surface area (Å²) in [5.41, 5.74) is 8.39. The Kier molecular flexibility index (Phi) is 7.56. The fourth-order valence-corrected chi connectivity index (χ4v) is 3.17. The van der Waals surface area contributed by atoms with Gasteiger partial charge < -0.3 is 5.32 Å². The van der Waals surface area contributed by atoms with Crippen LogP contribution >= 0.6 is 24.0 Å². The first-order valence-corrected chi connectivity index (χ1v) is 9.61. The number of carbonyl (C=O) groups is 1. The number of hydrazine groups is 1. The molecule has 27 heavy (non-hydrogen) atoms. The van der Waals surface area contributed by atoms with Gasteiger partial charge in [0.2, 0.25) is 5.91 Å². The maximum absolute atomic E-state index is 11.9. The number of aryl methyl sites for hydroxylation is 2. The number of hydrogen-bond donors (Lipinski definition) is 3. The number of para-hydroxylation sites is 1. The van der Waals surface area contributed by atoms with Crippen molar-refractivity contribution in [3.05, 3.63) is 63.7 Å². The molecule has 9 heteroatoms. The molecule has 2 aromatic rings. The molecule has 0 radical (unpaired) electrons. The molecule has 0 aromatic heterocycles. The second-order valence-electron chi connectivity index (χ2n) is 5.63. The number of nitro benzene ring substituents is 1. The Morgan fingerprint density at radius 2 is 1.89 bits per heavy atom. The van der Waals surface area contributed by atoms with Crippen molar-refractivity contribution in [3.8, 4) is 0 Å². The Bertz CT molecular complexity index is 841. The van der Waals surface area contributed by atoms with Gasteiger partial charge in [0.05, 0.1) is 10.7 Å². The van der Waals surface area contributed by atoms with Crippen molar-refractivity contribution < 1.29 is 9.72 Å². The van der Waals surface area contributed by atoms with Crippen molar-refractivity contribution >= 4 is 46.4 Å². The normalized spacial score (nSPS) is 10.1. The standard InChI is InChI=1S/C18H20N4O3S2/c1-3-13-6-4-5-12(2)17(13)19-18(26)21-20-16(23)11-27-15-9-7-14(8-10-15)22(24)25/h4-10H,3,11H2,1-2H3,(H,20,23)(H2,19,21,26). The Hall–Kier alpha value is -2.65. The van der Waals surface area contributed by atoms with Gasteiger partial charge in [0, 0.05) is 22.7 Å². The molecule has 0 aliphatic rings. The van der Waals surface area contributed by atoms with Gasteiger partial charge in [-0.15, -0.1) is 11.8 Å². The topological polar surface area (TPSA) is 96.3 Å². The minimum Gasteiger partial charge on any atom is -0.331 e. The van der Waals surface area contributed by atoms with Crippen LogP contribution in [0.5, 0.6) is 0 Å². The van der Waals surface area contributed by atoms with Crippen LogP contribution in [0.25, 0.3) is 0 Å². The van der Waals surface area contributed by atoms with Crippen molar-refractivity contribution in [1.82, 2.24) is 10.9 Å². The van der Waals surface area contributed by atoms with Gasteiger partial charge in [-0.25, -0.2) is 0 Å². The Morgan fingerprint density at radius 3 is 2.52 bits per heavy atom. The minimum absolute atomic E-state index is 0.0181. The third-order valence-electron chi connectivity index (χ3n) is 3.71. The molecule has 0 spiro atoms. The minimum atomic E-state index is -0.461. The van der Waals surface area contributed by atoms with Crippen LogP contribution in [0.15, 0.2) is 47.4 Å². The summed E-state index contributed by atoms with van der Waals surface area (Å²) in [5.74, 6) is -0.110. The molecule has 0 unspecified atom stereocenters. The molecule has 0 saturated carbocycles. The van der Waals surface area contributed by atoms with E-state index in [9.17, 15) is 14.9 Å². The summed E-state index contributed by atoms with van der Waals surface area (Å²) in [4.78, 5) is 22.9. The van der Waals surface area contributed by atoms with Gasteiger partial charge in [0.15, 0.2) is 5.11 Å². The summed E-state index contributed by atoms with van der Waals surface area (Å²) in [5, 5.41) is 14.0. The van der Waals surface area contributed by atoms with Crippen LogP contribution in [0.2, 0.25) is 0 Å². The summed E-state index contributed by atoms with van der Waals surface area (Å²) in [6, 6.07) is 12.0. The van der Waals surface area contributed by atoms with Gasteiger partial charge in [0.25, 0.3) is 5.69 Å². The zero-order valence-electron chi connectivity index (χ0n) is 14.9. The number of non-ortho nitro benzene ring substituents is 1. The highest BCUT2D eigenvalue weighted by atomic mass is 32.2. The molecule has 0 saturated heterocycles. The lowest BCUT2D eigenvalue weighted by Crippen LogP contribution is -2.44. The van der Waals surface area contributed by atoms with Gasteiger partial charge >= 0.3 is 0 Å². The molecule has 1 amide bonds. The molecule has 0 heterocycles. The number of nitrogens with zero attached hydrogens (tertiary/aromatic N) is 1. The number of anilines is 1. The van der Waals surface area contributed by atoms with Gasteiger partial charge in [-0.3, -0.25) is 25.8 Å². The number of nitrogens with one attached hydrogen (secondary N) is 3. The number of hydrogen-bond acceptors (Lipinski definition) is 5. The first-order chi connectivity index (χ1) is 12.9. The molecule has 3 N–H and O–H groups in total. The first-order valence-electron chi connectivity index (χ1n) is 8.22. The Morgan fingerprint density at radius 1 is 1.19 bits per heavy atom. The van der Waals surface area contributed by atoms with Crippen molar-refractivity contribution in [2.24, 2.45) is 0 Å². The van der Waals surface area contributed by atoms with Crippen LogP contribution in [0.3, 0.4) is 0 Å². The second-order valence-corrected chi connectivity index (χ2v) is 7.09. The third-order valence-corrected chi connectivity index (χ3v) is 4.93. The molecule has 0 fully saturated rings. The molecule has 2 aromatic carbocycles. The average Bonchev–Trinajstić information content (AvgIpc) is 2.66. The number of rotatable bonds is 6. The summed E-state index contributed by atoms with van der Waals surface area (Å²) in [7, 11) is 0. The number of thioether (sulfide) groups is 1. The SMILES string of the molecule is CCc1cccc(C)c1NC(=S)NNC(=O)CSc1ccc([N+](=O)[O-])cc1. The fraction of sp³-hybridized carbons (Fsp3) is 0.222. The smallest absolute Gasteiger partial charge is 0.269 e. The Balaban J connectivity index is 1.80. The van der Waals surface area contributed by atoms with Crippen LogP contribution in [0, 0.1) is 17.0 Å². The van der Waals surface area contributed by atoms with E-state index in [4.69, 9.17) is 12.2 Å². The quantitative estimate of drug-likeness (QED) is 0.293. The lowest BCUT2D eigenvalue weighted by atomic mass is 10.1. The van der Waals surface area contributed by atoms with E-state index in [1.165, 1.54) is 23.9 Å². The first kappa shape index (κ1) is 20.7. The summed E-state index contributed by atoms with van der Waals surface area (Å²) in [6.07, 6.45) is 0.866. The van der Waals surface area contributed by atoms with E-state index in [1.54, 1.807) is 12.1 Å². The molecule has 0 aliphatic heterocycles. The molecule has 7 nitrogen and oxygen atoms in total. The highest BCUT2D eigenvalue weighted by Gasteiger charge is 2.09. The van der Waals surface area contributed by atoms with Crippen LogP contribution < -0.4 is 16.2 Å². The highest BCUT2D eigenvalue weighted by Crippen LogP contribution is 2.22. The fourth-order valence-electron chi connectivity index (χ4n) is 2.32. The summed E-state index contributed by atoms with van der Waals surface area (Å²) < 4.78 is 0. The lowest BCUT2D eigenvalue weighted by Gasteiger charge is -2.16. The molecule has 0 bridgehead atoms. The zero-order chi connectivity index (χ0) is 19.8. The number of nitro groups is 1. The molecule has 142 valence electrons. The molecular weight excluding hydrogens is 384 g/mol. The van der Waals surface area contributed by atoms with Crippen molar-refractivity contribution in [3.63, 3.8) is 0 Å². The van der Waals surface area contributed by atoms with Crippen LogP contribution in [0.1, 0.15) is 18.1 Å². The monoisotopic (exact) mass is 404 g/mol. The molecule has 0 aliphatic carbocycles. The van der Waals surface area contributed by atoms with Crippen LogP contribution in [-0.4, -0.2) is 21.7 Å².